The molecule has 0 heterocycles. The minimum atomic E-state index is -1.05. The van der Waals surface area contributed by atoms with Crippen molar-refractivity contribution in [3.8, 4) is 17.2 Å². The van der Waals surface area contributed by atoms with Crippen molar-refractivity contribution in [2.75, 3.05) is 13.7 Å². The predicted molar refractivity (Wildman–Crippen MR) is 134 cm³/mol. The molecule has 3 N–H and O–H groups in total. The van der Waals surface area contributed by atoms with Crippen LogP contribution in [0.2, 0.25) is 5.02 Å². The molecule has 3 aromatic carbocycles. The summed E-state index contributed by atoms with van der Waals surface area (Å²) in [5.74, 6) is 0.391. The van der Waals surface area contributed by atoms with Crippen LogP contribution in [0.3, 0.4) is 0 Å². The molecule has 0 saturated heterocycles. The fourth-order valence-corrected chi connectivity index (χ4v) is 4.23. The number of benzene rings is 3. The van der Waals surface area contributed by atoms with Gasteiger partial charge in [0.05, 0.1) is 13.2 Å². The number of fused-ring (bicyclic) bond motifs is 1. The van der Waals surface area contributed by atoms with E-state index in [0.717, 1.165) is 24.8 Å². The number of aryl methyl sites for hydroxylation is 1. The van der Waals surface area contributed by atoms with Gasteiger partial charge in [0.15, 0.2) is 0 Å². The zero-order chi connectivity index (χ0) is 23.4. The maximum Gasteiger partial charge on any atom is 0.339 e. The number of carboxylic acid groups (broad SMARTS) is 1. The lowest BCUT2D eigenvalue weighted by molar-refractivity contribution is 0.0693. The Morgan fingerprint density at radius 3 is 2.50 bits per heavy atom. The maximum absolute atomic E-state index is 11.3. The van der Waals surface area contributed by atoms with E-state index >= 15 is 0 Å². The normalized spacial score (nSPS) is 15.6. The molecule has 6 nitrogen and oxygen atoms in total. The number of aliphatic hydroxyl groups is 1. The first-order valence-corrected chi connectivity index (χ1v) is 11.2. The second kappa shape index (κ2) is 11.6. The molecule has 0 radical (unpaired) electrons. The van der Waals surface area contributed by atoms with Crippen molar-refractivity contribution in [2.45, 2.75) is 31.4 Å². The van der Waals surface area contributed by atoms with Gasteiger partial charge in [0.2, 0.25) is 0 Å². The van der Waals surface area contributed by atoms with Crippen LogP contribution >= 0.6 is 24.0 Å². The average molecular weight is 504 g/mol. The minimum absolute atomic E-state index is 0. The summed E-state index contributed by atoms with van der Waals surface area (Å²) >= 11 is 5.92. The van der Waals surface area contributed by atoms with E-state index in [2.05, 4.69) is 11.4 Å². The van der Waals surface area contributed by atoms with E-state index in [4.69, 9.17) is 21.1 Å². The van der Waals surface area contributed by atoms with Crippen LogP contribution in [0.25, 0.3) is 0 Å². The summed E-state index contributed by atoms with van der Waals surface area (Å²) in [5.41, 5.74) is 3.41. The fourth-order valence-electron chi connectivity index (χ4n) is 4.10. The van der Waals surface area contributed by atoms with Crippen molar-refractivity contribution < 1.29 is 24.5 Å². The fraction of sp³-hybridized carbons (Fsp3) is 0.269. The SMILES string of the molecule is COc1cc(Oc2ccc3c(c2)C[C@@H](NC[C@@H](O)c2ccc(Cl)cc2)CC3)ccc1C(=O)O.Cl. The van der Waals surface area contributed by atoms with Gasteiger partial charge in [-0.15, -0.1) is 12.4 Å². The zero-order valence-corrected chi connectivity index (χ0v) is 20.2. The van der Waals surface area contributed by atoms with E-state index in [1.54, 1.807) is 24.3 Å². The lowest BCUT2D eigenvalue weighted by Crippen LogP contribution is -2.37. The second-order valence-corrected chi connectivity index (χ2v) is 8.55. The molecule has 0 saturated carbocycles. The van der Waals surface area contributed by atoms with Crippen molar-refractivity contribution in [1.82, 2.24) is 5.32 Å². The van der Waals surface area contributed by atoms with Gasteiger partial charge in [-0.3, -0.25) is 0 Å². The summed E-state index contributed by atoms with van der Waals surface area (Å²) in [6.07, 6.45) is 2.18. The number of carbonyl (C=O) groups is 1. The number of carboxylic acids is 1. The number of hydrogen-bond donors (Lipinski definition) is 3. The molecule has 0 fully saturated rings. The predicted octanol–water partition coefficient (Wildman–Crippen LogP) is 5.44. The highest BCUT2D eigenvalue weighted by Gasteiger charge is 2.20. The van der Waals surface area contributed by atoms with Gasteiger partial charge in [-0.05, 0) is 72.4 Å². The molecule has 2 atom stereocenters. The molecule has 0 unspecified atom stereocenters. The zero-order valence-electron chi connectivity index (χ0n) is 18.7. The molecule has 0 aliphatic heterocycles. The van der Waals surface area contributed by atoms with E-state index in [1.165, 1.54) is 24.3 Å². The Labute approximate surface area is 209 Å². The number of hydrogen-bond acceptors (Lipinski definition) is 5. The standard InChI is InChI=1S/C26H26ClNO5.ClH/c1-32-25-14-22(10-11-23(25)26(30)31)33-21-9-5-16-4-8-20(12-18(16)13-21)28-15-24(29)17-2-6-19(27)7-3-17;/h2-3,5-7,9-11,13-14,20,24,28-29H,4,8,12,15H2,1H3,(H,30,31);1H/t20-,24+;/m0./s1. The van der Waals surface area contributed by atoms with Crippen LogP contribution in [0, 0.1) is 0 Å². The van der Waals surface area contributed by atoms with Gasteiger partial charge in [-0.1, -0.05) is 29.8 Å². The first kappa shape index (κ1) is 25.8. The number of rotatable bonds is 8. The summed E-state index contributed by atoms with van der Waals surface area (Å²) in [7, 11) is 1.43. The number of nitrogens with one attached hydrogen (secondary N) is 1. The molecule has 3 aromatic rings. The molecular formula is C26H27Cl2NO5. The maximum atomic E-state index is 11.3. The quantitative estimate of drug-likeness (QED) is 0.379. The van der Waals surface area contributed by atoms with Crippen LogP contribution in [0.4, 0.5) is 0 Å². The molecule has 0 bridgehead atoms. The van der Waals surface area contributed by atoms with Crippen molar-refractivity contribution in [3.63, 3.8) is 0 Å². The highest BCUT2D eigenvalue weighted by atomic mass is 35.5. The monoisotopic (exact) mass is 503 g/mol. The van der Waals surface area contributed by atoms with E-state index in [-0.39, 0.29) is 29.8 Å². The highest BCUT2D eigenvalue weighted by Crippen LogP contribution is 2.31. The van der Waals surface area contributed by atoms with Crippen LogP contribution in [0.5, 0.6) is 17.2 Å². The van der Waals surface area contributed by atoms with Crippen molar-refractivity contribution in [3.05, 3.63) is 87.9 Å². The Hall–Kier alpha value is -2.77. The summed E-state index contributed by atoms with van der Waals surface area (Å²) in [4.78, 5) is 11.3. The van der Waals surface area contributed by atoms with Crippen molar-refractivity contribution >= 4 is 30.0 Å². The number of ether oxygens (including phenoxy) is 2. The summed E-state index contributed by atoms with van der Waals surface area (Å²) in [5, 5.41) is 23.8. The lowest BCUT2D eigenvalue weighted by Gasteiger charge is -2.27. The molecule has 4 rings (SSSR count). The third kappa shape index (κ3) is 6.21. The Morgan fingerprint density at radius 1 is 1.09 bits per heavy atom. The van der Waals surface area contributed by atoms with E-state index in [1.807, 2.05) is 24.3 Å². The molecule has 0 aromatic heterocycles. The molecule has 34 heavy (non-hydrogen) atoms. The van der Waals surface area contributed by atoms with Crippen LogP contribution in [-0.2, 0) is 12.8 Å². The first-order valence-electron chi connectivity index (χ1n) is 10.8. The summed E-state index contributed by atoms with van der Waals surface area (Å²) in [6.45, 7) is 0.466. The number of aromatic carboxylic acids is 1. The van der Waals surface area contributed by atoms with Gasteiger partial charge in [0.1, 0.15) is 22.8 Å². The Bertz CT molecular complexity index is 1140. The first-order chi connectivity index (χ1) is 15.9. The van der Waals surface area contributed by atoms with Crippen LogP contribution in [0.15, 0.2) is 60.7 Å². The molecule has 1 aliphatic carbocycles. The van der Waals surface area contributed by atoms with E-state index in [9.17, 15) is 15.0 Å². The van der Waals surface area contributed by atoms with Crippen LogP contribution in [0.1, 0.15) is 39.6 Å². The summed E-state index contributed by atoms with van der Waals surface area (Å²) in [6, 6.07) is 18.2. The molecule has 180 valence electrons. The highest BCUT2D eigenvalue weighted by molar-refractivity contribution is 6.30. The van der Waals surface area contributed by atoms with Crippen LogP contribution < -0.4 is 14.8 Å². The van der Waals surface area contributed by atoms with Crippen molar-refractivity contribution in [1.29, 1.82) is 0 Å². The van der Waals surface area contributed by atoms with Gasteiger partial charge in [0, 0.05) is 23.7 Å². The van der Waals surface area contributed by atoms with Gasteiger partial charge >= 0.3 is 5.97 Å². The van der Waals surface area contributed by atoms with E-state index < -0.39 is 12.1 Å². The largest absolute Gasteiger partial charge is 0.496 e. The number of halogens is 2. The topological polar surface area (TPSA) is 88.0 Å². The van der Waals surface area contributed by atoms with Crippen molar-refractivity contribution in [2.24, 2.45) is 0 Å². The third-order valence-electron chi connectivity index (χ3n) is 5.90. The third-order valence-corrected chi connectivity index (χ3v) is 6.15. The van der Waals surface area contributed by atoms with Gasteiger partial charge in [0.25, 0.3) is 0 Å². The number of aliphatic hydroxyl groups excluding tert-OH is 1. The molecule has 8 heteroatoms. The Morgan fingerprint density at radius 2 is 1.79 bits per heavy atom. The molecule has 0 amide bonds. The van der Waals surface area contributed by atoms with Gasteiger partial charge < -0.3 is 25.0 Å². The molecule has 1 aliphatic rings. The Kier molecular flexibility index (Phi) is 8.80. The van der Waals surface area contributed by atoms with Gasteiger partial charge in [-0.2, -0.15) is 0 Å². The van der Waals surface area contributed by atoms with Gasteiger partial charge in [-0.25, -0.2) is 4.79 Å². The second-order valence-electron chi connectivity index (χ2n) is 8.12. The smallest absolute Gasteiger partial charge is 0.339 e. The minimum Gasteiger partial charge on any atom is -0.496 e. The Balaban J connectivity index is 0.00000324. The number of methoxy groups -OCH3 is 1. The molecular weight excluding hydrogens is 477 g/mol. The molecule has 0 spiro atoms. The average Bonchev–Trinajstić information content (AvgIpc) is 2.82. The van der Waals surface area contributed by atoms with Crippen LogP contribution in [-0.4, -0.2) is 35.9 Å². The van der Waals surface area contributed by atoms with E-state index in [0.29, 0.717) is 23.1 Å². The summed E-state index contributed by atoms with van der Waals surface area (Å²) < 4.78 is 11.2. The lowest BCUT2D eigenvalue weighted by atomic mass is 9.88.